The predicted molar refractivity (Wildman–Crippen MR) is 92.0 cm³/mol. The fraction of sp³-hybridized carbons (Fsp3) is 0.312. The lowest BCUT2D eigenvalue weighted by molar-refractivity contribution is -0.125. The second-order valence-electron chi connectivity index (χ2n) is 5.33. The van der Waals surface area contributed by atoms with Gasteiger partial charge in [-0.25, -0.2) is 0 Å². The third-order valence-corrected chi connectivity index (χ3v) is 4.36. The molecule has 7 heteroatoms. The minimum atomic E-state index is -0.339. The third-order valence-electron chi connectivity index (χ3n) is 3.20. The Morgan fingerprint density at radius 1 is 1.30 bits per heavy atom. The van der Waals surface area contributed by atoms with Crippen molar-refractivity contribution in [3.8, 4) is 0 Å². The van der Waals surface area contributed by atoms with E-state index < -0.39 is 0 Å². The molecule has 2 rings (SSSR count). The summed E-state index contributed by atoms with van der Waals surface area (Å²) >= 11 is 6.72. The Balaban J connectivity index is 1.99. The van der Waals surface area contributed by atoms with E-state index in [4.69, 9.17) is 11.6 Å². The number of carbonyl (C=O) groups is 3. The molecule has 5 nitrogen and oxygen atoms in total. The minimum absolute atomic E-state index is 0.103. The molecule has 23 heavy (non-hydrogen) atoms. The number of nitrogens with one attached hydrogen (secondary N) is 1. The van der Waals surface area contributed by atoms with Crippen LogP contribution in [0.2, 0.25) is 5.02 Å². The smallest absolute Gasteiger partial charge is 0.293 e. The maximum Gasteiger partial charge on any atom is 0.293 e. The molecule has 0 radical (unpaired) electrons. The number of thioether (sulfide) groups is 1. The van der Waals surface area contributed by atoms with E-state index in [9.17, 15) is 14.4 Å². The van der Waals surface area contributed by atoms with Gasteiger partial charge in [-0.15, -0.1) is 0 Å². The van der Waals surface area contributed by atoms with E-state index in [0.717, 1.165) is 22.2 Å². The summed E-state index contributed by atoms with van der Waals surface area (Å²) in [7, 11) is 0. The van der Waals surface area contributed by atoms with Crippen LogP contribution >= 0.6 is 23.4 Å². The monoisotopic (exact) mass is 352 g/mol. The van der Waals surface area contributed by atoms with E-state index in [0.29, 0.717) is 9.93 Å². The Hall–Kier alpha value is -1.79. The summed E-state index contributed by atoms with van der Waals surface area (Å²) in [5.74, 6) is -0.572. The molecule has 1 fully saturated rings. The first-order valence-electron chi connectivity index (χ1n) is 7.17. The van der Waals surface area contributed by atoms with Gasteiger partial charge in [0.2, 0.25) is 5.91 Å². The molecule has 0 bridgehead atoms. The first-order chi connectivity index (χ1) is 10.9. The van der Waals surface area contributed by atoms with Crippen molar-refractivity contribution >= 4 is 46.5 Å². The molecular weight excluding hydrogens is 336 g/mol. The number of nitrogens with zero attached hydrogens (tertiary/aromatic N) is 1. The van der Waals surface area contributed by atoms with Gasteiger partial charge >= 0.3 is 0 Å². The number of benzene rings is 1. The van der Waals surface area contributed by atoms with Crippen LogP contribution in [0.15, 0.2) is 29.2 Å². The summed E-state index contributed by atoms with van der Waals surface area (Å²) in [4.78, 5) is 37.2. The Kier molecular flexibility index (Phi) is 5.85. The standard InChI is InChI=1S/C16H17ClN2O3S/c1-10(2)14(20)18-7-8-19-15(21)13(23-16(19)22)9-11-3-5-12(17)6-4-11/h3-6,9-10H,7-8H2,1-2H3,(H,18,20). The zero-order chi connectivity index (χ0) is 17.0. The first kappa shape index (κ1) is 17.6. The quantitative estimate of drug-likeness (QED) is 0.827. The molecule has 1 aromatic carbocycles. The first-order valence-corrected chi connectivity index (χ1v) is 8.36. The van der Waals surface area contributed by atoms with E-state index in [1.54, 1.807) is 44.2 Å². The van der Waals surface area contributed by atoms with Crippen LogP contribution in [0.4, 0.5) is 4.79 Å². The molecule has 1 saturated heterocycles. The van der Waals surface area contributed by atoms with Crippen molar-refractivity contribution in [3.05, 3.63) is 39.8 Å². The number of rotatable bonds is 5. The fourth-order valence-corrected chi connectivity index (χ4v) is 2.89. The van der Waals surface area contributed by atoms with E-state index in [1.165, 1.54) is 0 Å². The Morgan fingerprint density at radius 2 is 1.96 bits per heavy atom. The normalized spacial score (nSPS) is 16.5. The summed E-state index contributed by atoms with van der Waals surface area (Å²) in [5.41, 5.74) is 0.799. The summed E-state index contributed by atoms with van der Waals surface area (Å²) in [5, 5.41) is 2.97. The molecule has 1 aromatic rings. The average molecular weight is 353 g/mol. The number of hydrogen-bond acceptors (Lipinski definition) is 4. The minimum Gasteiger partial charge on any atom is -0.354 e. The second-order valence-corrected chi connectivity index (χ2v) is 6.76. The van der Waals surface area contributed by atoms with Gasteiger partial charge in [-0.1, -0.05) is 37.6 Å². The highest BCUT2D eigenvalue weighted by atomic mass is 35.5. The zero-order valence-electron chi connectivity index (χ0n) is 12.8. The molecule has 1 heterocycles. The average Bonchev–Trinajstić information content (AvgIpc) is 2.76. The lowest BCUT2D eigenvalue weighted by atomic mass is 10.2. The Morgan fingerprint density at radius 3 is 2.57 bits per heavy atom. The molecular formula is C16H17ClN2O3S. The van der Waals surface area contributed by atoms with Crippen LogP contribution in [0.1, 0.15) is 19.4 Å². The van der Waals surface area contributed by atoms with Crippen molar-refractivity contribution in [1.29, 1.82) is 0 Å². The molecule has 0 atom stereocenters. The van der Waals surface area contributed by atoms with Gasteiger partial charge in [0.15, 0.2) is 0 Å². The van der Waals surface area contributed by atoms with Crippen LogP contribution < -0.4 is 5.32 Å². The summed E-state index contributed by atoms with van der Waals surface area (Å²) < 4.78 is 0. The van der Waals surface area contributed by atoms with Crippen molar-refractivity contribution < 1.29 is 14.4 Å². The molecule has 122 valence electrons. The van der Waals surface area contributed by atoms with Gasteiger partial charge in [-0.3, -0.25) is 19.3 Å². The van der Waals surface area contributed by atoms with Crippen LogP contribution in [0, 0.1) is 5.92 Å². The summed E-state index contributed by atoms with van der Waals surface area (Å²) in [6, 6.07) is 7.00. The molecule has 1 aliphatic rings. The lowest BCUT2D eigenvalue weighted by Crippen LogP contribution is -2.38. The summed E-state index contributed by atoms with van der Waals surface area (Å²) in [6.07, 6.45) is 1.66. The Labute approximate surface area is 144 Å². The highest BCUT2D eigenvalue weighted by Gasteiger charge is 2.34. The molecule has 0 saturated carbocycles. The van der Waals surface area contributed by atoms with Crippen LogP contribution in [-0.4, -0.2) is 35.0 Å². The van der Waals surface area contributed by atoms with E-state index in [1.807, 2.05) is 0 Å². The van der Waals surface area contributed by atoms with Crippen molar-refractivity contribution in [3.63, 3.8) is 0 Å². The SMILES string of the molecule is CC(C)C(=O)NCCN1C(=O)SC(=Cc2ccc(Cl)cc2)C1=O. The van der Waals surface area contributed by atoms with Crippen LogP contribution in [0.25, 0.3) is 6.08 Å². The number of carbonyl (C=O) groups excluding carboxylic acids is 3. The van der Waals surface area contributed by atoms with E-state index in [-0.39, 0.29) is 36.1 Å². The largest absolute Gasteiger partial charge is 0.354 e. The van der Waals surface area contributed by atoms with Crippen LogP contribution in [0.3, 0.4) is 0 Å². The van der Waals surface area contributed by atoms with E-state index >= 15 is 0 Å². The van der Waals surface area contributed by atoms with E-state index in [2.05, 4.69) is 5.32 Å². The van der Waals surface area contributed by atoms with Crippen molar-refractivity contribution in [2.45, 2.75) is 13.8 Å². The second kappa shape index (κ2) is 7.66. The molecule has 0 unspecified atom stereocenters. The Bertz CT molecular complexity index is 656. The fourth-order valence-electron chi connectivity index (χ4n) is 1.90. The van der Waals surface area contributed by atoms with Crippen molar-refractivity contribution in [2.24, 2.45) is 5.92 Å². The van der Waals surface area contributed by atoms with Crippen LogP contribution in [-0.2, 0) is 9.59 Å². The van der Waals surface area contributed by atoms with Crippen LogP contribution in [0.5, 0.6) is 0 Å². The van der Waals surface area contributed by atoms with Gasteiger partial charge in [-0.2, -0.15) is 0 Å². The van der Waals surface area contributed by atoms with Gasteiger partial charge in [0.05, 0.1) is 4.91 Å². The van der Waals surface area contributed by atoms with Crippen molar-refractivity contribution in [2.75, 3.05) is 13.1 Å². The summed E-state index contributed by atoms with van der Waals surface area (Å²) in [6.45, 7) is 3.99. The highest BCUT2D eigenvalue weighted by Crippen LogP contribution is 2.32. The van der Waals surface area contributed by atoms with Gasteiger partial charge in [0.1, 0.15) is 0 Å². The molecule has 3 amide bonds. The van der Waals surface area contributed by atoms with Gasteiger partial charge < -0.3 is 5.32 Å². The third kappa shape index (κ3) is 4.59. The molecule has 0 spiro atoms. The molecule has 1 N–H and O–H groups in total. The lowest BCUT2D eigenvalue weighted by Gasteiger charge is -2.13. The molecule has 1 aliphatic heterocycles. The number of halogens is 1. The van der Waals surface area contributed by atoms with Gasteiger partial charge in [-0.05, 0) is 35.5 Å². The zero-order valence-corrected chi connectivity index (χ0v) is 14.4. The topological polar surface area (TPSA) is 66.5 Å². The number of hydrogen-bond donors (Lipinski definition) is 1. The van der Waals surface area contributed by atoms with Crippen molar-refractivity contribution in [1.82, 2.24) is 10.2 Å². The maximum atomic E-state index is 12.3. The number of amides is 3. The van der Waals surface area contributed by atoms with Gasteiger partial charge in [0.25, 0.3) is 11.1 Å². The predicted octanol–water partition coefficient (Wildman–Crippen LogP) is 3.15. The highest BCUT2D eigenvalue weighted by molar-refractivity contribution is 8.18. The maximum absolute atomic E-state index is 12.3. The molecule has 0 aromatic heterocycles. The van der Waals surface area contributed by atoms with Gasteiger partial charge in [0, 0.05) is 24.0 Å². The molecule has 0 aliphatic carbocycles. The number of imide groups is 1.